The number of rotatable bonds is 8. The van der Waals surface area contributed by atoms with Crippen molar-refractivity contribution < 1.29 is 10.9 Å². The number of anilines is 3. The van der Waals surface area contributed by atoms with Crippen LogP contribution in [-0.4, -0.2) is 47.0 Å². The van der Waals surface area contributed by atoms with Gasteiger partial charge in [0.05, 0.1) is 13.2 Å². The zero-order chi connectivity index (χ0) is 21.8. The maximum Gasteiger partial charge on any atom is 0.320 e. The molecule has 0 spiro atoms. The first kappa shape index (κ1) is 19.1. The molecule has 3 heterocycles. The van der Waals surface area contributed by atoms with Crippen LogP contribution in [0.5, 0.6) is 6.01 Å². The third kappa shape index (κ3) is 4.81. The summed E-state index contributed by atoms with van der Waals surface area (Å²) in [6.45, 7) is 6.15. The van der Waals surface area contributed by atoms with Gasteiger partial charge in [0.2, 0.25) is 5.91 Å². The number of benzene rings is 1. The first-order chi connectivity index (χ1) is 15.0. The minimum absolute atomic E-state index is 0.129. The number of fused-ring (bicyclic) bond motifs is 1. The highest BCUT2D eigenvalue weighted by Crippen LogP contribution is 2.34. The number of nitrogens with zero attached hydrogens (tertiary/aromatic N) is 4. The lowest BCUT2D eigenvalue weighted by atomic mass is 10.1. The number of carbonyl (C=O) groups excluding carboxylic acids is 1. The monoisotopic (exact) mass is 411 g/mol. The normalized spacial score (nSPS) is 18.0. The summed E-state index contributed by atoms with van der Waals surface area (Å²) < 4.78 is 13.4. The molecule has 8 nitrogen and oxygen atoms in total. The second kappa shape index (κ2) is 9.30. The smallest absolute Gasteiger partial charge is 0.320 e. The van der Waals surface area contributed by atoms with E-state index in [-0.39, 0.29) is 37.3 Å². The van der Waals surface area contributed by atoms with E-state index in [1.807, 2.05) is 11.8 Å². The maximum atomic E-state index is 12.2. The number of ether oxygens (including phenoxy) is 1. The fourth-order valence-corrected chi connectivity index (χ4v) is 3.84. The molecule has 2 aromatic rings. The maximum absolute atomic E-state index is 12.2. The number of hydrogen-bond acceptors (Lipinski definition) is 7. The first-order valence-corrected chi connectivity index (χ1v) is 10.6. The number of nitrogen functional groups attached to an aromatic ring is 1. The van der Waals surface area contributed by atoms with E-state index in [0.29, 0.717) is 24.5 Å². The van der Waals surface area contributed by atoms with Gasteiger partial charge in [-0.1, -0.05) is 37.6 Å². The van der Waals surface area contributed by atoms with Crippen LogP contribution in [0.1, 0.15) is 45.1 Å². The summed E-state index contributed by atoms with van der Waals surface area (Å²) in [7, 11) is 0. The summed E-state index contributed by atoms with van der Waals surface area (Å²) in [6.07, 6.45) is 2.89. The van der Waals surface area contributed by atoms with Gasteiger partial charge in [-0.2, -0.15) is 9.97 Å². The third-order valence-electron chi connectivity index (χ3n) is 5.42. The molecule has 0 bridgehead atoms. The summed E-state index contributed by atoms with van der Waals surface area (Å²) in [5, 5.41) is 2.77. The number of nitrogens with two attached hydrogens (primary N) is 1. The minimum Gasteiger partial charge on any atom is -0.463 e. The molecule has 0 aliphatic carbocycles. The van der Waals surface area contributed by atoms with Crippen LogP contribution in [-0.2, 0) is 17.9 Å². The lowest BCUT2D eigenvalue weighted by molar-refractivity contribution is -0.115. The molecule has 1 atom stereocenters. The SMILES string of the molecule is [2H]C(CC)COc1nc(N)c2c(n1)N(Cc1ccc(CN3CCCC3)cc1)CC(=O)N2. The van der Waals surface area contributed by atoms with Gasteiger partial charge in [-0.05, 0) is 43.5 Å². The predicted octanol–water partition coefficient (Wildman–Crippen LogP) is 2.79. The number of carbonyl (C=O) groups is 1. The third-order valence-corrected chi connectivity index (χ3v) is 5.42. The molecule has 8 heteroatoms. The number of aromatic nitrogens is 2. The van der Waals surface area contributed by atoms with Crippen molar-refractivity contribution in [3.8, 4) is 6.01 Å². The molecule has 1 aromatic carbocycles. The molecule has 1 saturated heterocycles. The van der Waals surface area contributed by atoms with Gasteiger partial charge in [-0.3, -0.25) is 9.69 Å². The molecule has 1 fully saturated rings. The molecule has 160 valence electrons. The number of amides is 1. The van der Waals surface area contributed by atoms with E-state index in [4.69, 9.17) is 11.8 Å². The van der Waals surface area contributed by atoms with Crippen LogP contribution in [0.25, 0.3) is 0 Å². The van der Waals surface area contributed by atoms with Crippen LogP contribution in [0.4, 0.5) is 17.3 Å². The van der Waals surface area contributed by atoms with Gasteiger partial charge >= 0.3 is 6.01 Å². The van der Waals surface area contributed by atoms with Gasteiger partial charge in [0, 0.05) is 14.5 Å². The highest BCUT2D eigenvalue weighted by Gasteiger charge is 2.27. The Hall–Kier alpha value is -2.87. The second-order valence-corrected chi connectivity index (χ2v) is 7.80. The largest absolute Gasteiger partial charge is 0.463 e. The molecule has 2 aliphatic rings. The Morgan fingerprint density at radius 2 is 1.87 bits per heavy atom. The Morgan fingerprint density at radius 3 is 2.57 bits per heavy atom. The second-order valence-electron chi connectivity index (χ2n) is 7.80. The zero-order valence-corrected chi connectivity index (χ0v) is 17.4. The zero-order valence-electron chi connectivity index (χ0n) is 18.4. The fourth-order valence-electron chi connectivity index (χ4n) is 3.84. The number of nitrogens with one attached hydrogen (secondary N) is 1. The van der Waals surface area contributed by atoms with Crippen molar-refractivity contribution in [1.29, 1.82) is 0 Å². The highest BCUT2D eigenvalue weighted by atomic mass is 16.5. The van der Waals surface area contributed by atoms with Crippen molar-refractivity contribution in [2.75, 3.05) is 42.2 Å². The van der Waals surface area contributed by atoms with Crippen LogP contribution < -0.4 is 20.7 Å². The van der Waals surface area contributed by atoms with Gasteiger partial charge < -0.3 is 20.7 Å². The topological polar surface area (TPSA) is 96.6 Å². The first-order valence-electron chi connectivity index (χ1n) is 11.2. The molecule has 0 radical (unpaired) electrons. The number of hydrogen-bond donors (Lipinski definition) is 2. The van der Waals surface area contributed by atoms with E-state index >= 15 is 0 Å². The van der Waals surface area contributed by atoms with Crippen molar-refractivity contribution in [1.82, 2.24) is 14.9 Å². The van der Waals surface area contributed by atoms with Crippen LogP contribution in [0.3, 0.4) is 0 Å². The van der Waals surface area contributed by atoms with Crippen LogP contribution in [0.2, 0.25) is 0 Å². The van der Waals surface area contributed by atoms with Gasteiger partial charge in [0.25, 0.3) is 0 Å². The Bertz CT molecular complexity index is 917. The summed E-state index contributed by atoms with van der Waals surface area (Å²) in [6, 6.07) is 8.64. The molecule has 30 heavy (non-hydrogen) atoms. The molecule has 0 saturated carbocycles. The van der Waals surface area contributed by atoms with Gasteiger partial charge in [0.15, 0.2) is 11.6 Å². The molecule has 3 N–H and O–H groups in total. The van der Waals surface area contributed by atoms with E-state index < -0.39 is 0 Å². The summed E-state index contributed by atoms with van der Waals surface area (Å²) in [4.78, 5) is 25.2. The Kier molecular flexibility index (Phi) is 5.92. The van der Waals surface area contributed by atoms with E-state index in [2.05, 4.69) is 44.5 Å². The van der Waals surface area contributed by atoms with Crippen molar-refractivity contribution in [2.45, 2.75) is 45.7 Å². The van der Waals surface area contributed by atoms with Crippen LogP contribution >= 0.6 is 0 Å². The predicted molar refractivity (Wildman–Crippen MR) is 117 cm³/mol. The molecule has 1 unspecified atom stereocenters. The Balaban J connectivity index is 1.49. The summed E-state index contributed by atoms with van der Waals surface area (Å²) in [5.41, 5.74) is 8.86. The average molecular weight is 412 g/mol. The van der Waals surface area contributed by atoms with Crippen molar-refractivity contribution in [2.24, 2.45) is 0 Å². The van der Waals surface area contributed by atoms with E-state index in [0.717, 1.165) is 12.1 Å². The van der Waals surface area contributed by atoms with E-state index in [1.54, 1.807) is 0 Å². The molecular weight excluding hydrogens is 380 g/mol. The van der Waals surface area contributed by atoms with Crippen molar-refractivity contribution in [3.05, 3.63) is 35.4 Å². The van der Waals surface area contributed by atoms with Crippen LogP contribution in [0, 0.1) is 0 Å². The quantitative estimate of drug-likeness (QED) is 0.689. The molecular formula is C22H30N6O2. The lowest BCUT2D eigenvalue weighted by Gasteiger charge is -2.30. The molecule has 2 aliphatic heterocycles. The van der Waals surface area contributed by atoms with E-state index in [9.17, 15) is 4.79 Å². The molecule has 1 aromatic heterocycles. The minimum atomic E-state index is -0.351. The van der Waals surface area contributed by atoms with Gasteiger partial charge in [0.1, 0.15) is 5.69 Å². The Morgan fingerprint density at radius 1 is 1.17 bits per heavy atom. The fraction of sp³-hybridized carbons (Fsp3) is 0.500. The molecule has 1 amide bonds. The van der Waals surface area contributed by atoms with Gasteiger partial charge in [-0.25, -0.2) is 0 Å². The highest BCUT2D eigenvalue weighted by molar-refractivity contribution is 6.03. The summed E-state index contributed by atoms with van der Waals surface area (Å²) >= 11 is 0. The Labute approximate surface area is 178 Å². The molecule has 4 rings (SSSR count). The van der Waals surface area contributed by atoms with Crippen LogP contribution in [0.15, 0.2) is 24.3 Å². The standard InChI is InChI=1S/C22H30N6O2/c1-2-3-12-30-22-25-20(23)19-21(26-22)28(15-18(29)24-19)14-17-8-6-16(7-9-17)13-27-10-4-5-11-27/h6-9H,2-5,10-15H2,1H3,(H,24,29)(H2,23,25,26)/i3D. The van der Waals surface area contributed by atoms with Gasteiger partial charge in [-0.15, -0.1) is 0 Å². The number of likely N-dealkylation sites (tertiary alicyclic amines) is 1. The van der Waals surface area contributed by atoms with Crippen molar-refractivity contribution >= 4 is 23.2 Å². The summed E-state index contributed by atoms with van der Waals surface area (Å²) in [5.74, 6) is 0.553. The van der Waals surface area contributed by atoms with Crippen molar-refractivity contribution in [3.63, 3.8) is 0 Å². The lowest BCUT2D eigenvalue weighted by Crippen LogP contribution is -2.39. The average Bonchev–Trinajstić information content (AvgIpc) is 3.27. The van der Waals surface area contributed by atoms with E-state index in [1.165, 1.54) is 31.5 Å².